The van der Waals surface area contributed by atoms with Gasteiger partial charge in [-0.25, -0.2) is 18.4 Å². The first-order valence-corrected chi connectivity index (χ1v) is 9.57. The fraction of sp³-hybridized carbons (Fsp3) is 0.125. The van der Waals surface area contributed by atoms with Crippen molar-refractivity contribution in [2.75, 3.05) is 19.0 Å². The molecule has 11 nitrogen and oxygen atoms in total. The molecule has 0 aliphatic carbocycles. The number of anilines is 1. The summed E-state index contributed by atoms with van der Waals surface area (Å²) in [5.74, 6) is -1.66. The van der Waals surface area contributed by atoms with Crippen molar-refractivity contribution in [3.05, 3.63) is 57.1 Å². The van der Waals surface area contributed by atoms with Gasteiger partial charge < -0.3 is 14.8 Å². The van der Waals surface area contributed by atoms with Crippen LogP contribution in [0.25, 0.3) is 0 Å². The number of nitro benzene ring substituents is 1. The first kappa shape index (κ1) is 22.1. The summed E-state index contributed by atoms with van der Waals surface area (Å²) in [6.45, 7) is -0.752. The van der Waals surface area contributed by atoms with E-state index in [9.17, 15) is 28.1 Å². The molecule has 0 heterocycles. The van der Waals surface area contributed by atoms with Crippen LogP contribution < -0.4 is 15.2 Å². The van der Waals surface area contributed by atoms with Crippen molar-refractivity contribution >= 4 is 44.9 Å². The zero-order chi connectivity index (χ0) is 21.8. The second-order valence-electron chi connectivity index (χ2n) is 5.46. The minimum atomic E-state index is -4.17. The molecule has 0 aliphatic rings. The van der Waals surface area contributed by atoms with Gasteiger partial charge in [0.1, 0.15) is 10.6 Å². The van der Waals surface area contributed by atoms with Crippen LogP contribution in [0.3, 0.4) is 0 Å². The van der Waals surface area contributed by atoms with Gasteiger partial charge in [0.15, 0.2) is 6.61 Å². The van der Waals surface area contributed by atoms with Crippen LogP contribution in [0.2, 0.25) is 5.02 Å². The number of halogens is 1. The maximum Gasteiger partial charge on any atom is 0.338 e. The number of nitrogens with zero attached hydrogens (tertiary/aromatic N) is 1. The number of nitrogens with one attached hydrogen (secondary N) is 1. The highest BCUT2D eigenvalue weighted by atomic mass is 35.5. The number of methoxy groups -OCH3 is 1. The summed E-state index contributed by atoms with van der Waals surface area (Å²) in [5, 5.41) is 18.0. The molecule has 2 aromatic carbocycles. The highest BCUT2D eigenvalue weighted by Gasteiger charge is 2.19. The molecule has 0 spiro atoms. The van der Waals surface area contributed by atoms with Gasteiger partial charge in [-0.15, -0.1) is 0 Å². The van der Waals surface area contributed by atoms with Gasteiger partial charge >= 0.3 is 5.97 Å². The SMILES string of the molecule is COc1ccc([N+](=O)[O-])cc1NC(=O)COC(=O)c1ccc(Cl)c(S(N)(=O)=O)c1. The van der Waals surface area contributed by atoms with Crippen LogP contribution in [0.1, 0.15) is 10.4 Å². The number of non-ortho nitro benzene ring substituents is 1. The maximum absolute atomic E-state index is 12.1. The van der Waals surface area contributed by atoms with E-state index >= 15 is 0 Å². The number of hydrogen-bond donors (Lipinski definition) is 2. The van der Waals surface area contributed by atoms with Crippen molar-refractivity contribution < 1.29 is 32.4 Å². The average Bonchev–Trinajstić information content (AvgIpc) is 2.65. The van der Waals surface area contributed by atoms with Crippen LogP contribution in [-0.4, -0.2) is 38.9 Å². The molecule has 0 radical (unpaired) electrons. The van der Waals surface area contributed by atoms with Gasteiger partial charge in [0.25, 0.3) is 11.6 Å². The van der Waals surface area contributed by atoms with Gasteiger partial charge in [-0.2, -0.15) is 0 Å². The normalized spacial score (nSPS) is 10.9. The Hall–Kier alpha value is -3.22. The van der Waals surface area contributed by atoms with Crippen molar-refractivity contribution in [3.8, 4) is 5.75 Å². The first-order valence-electron chi connectivity index (χ1n) is 7.64. The molecule has 0 atom stereocenters. The van der Waals surface area contributed by atoms with E-state index in [0.29, 0.717) is 0 Å². The minimum Gasteiger partial charge on any atom is -0.495 e. The van der Waals surface area contributed by atoms with E-state index < -0.39 is 38.3 Å². The quantitative estimate of drug-likeness (QED) is 0.370. The first-order chi connectivity index (χ1) is 13.5. The molecule has 0 saturated heterocycles. The molecule has 154 valence electrons. The summed E-state index contributed by atoms with van der Waals surface area (Å²) in [6.07, 6.45) is 0. The largest absolute Gasteiger partial charge is 0.495 e. The third-order valence-corrected chi connectivity index (χ3v) is 4.87. The Morgan fingerprint density at radius 2 is 1.93 bits per heavy atom. The second kappa shape index (κ2) is 8.86. The molecule has 2 rings (SSSR count). The number of ether oxygens (including phenoxy) is 2. The molecule has 0 aliphatic heterocycles. The highest BCUT2D eigenvalue weighted by Crippen LogP contribution is 2.28. The molecule has 1 amide bonds. The van der Waals surface area contributed by atoms with E-state index in [2.05, 4.69) is 5.32 Å². The molecule has 29 heavy (non-hydrogen) atoms. The lowest BCUT2D eigenvalue weighted by Gasteiger charge is -2.10. The Morgan fingerprint density at radius 1 is 1.24 bits per heavy atom. The standard InChI is InChI=1S/C16H14ClN3O8S/c1-27-13-5-3-10(20(23)24)7-12(13)19-15(21)8-28-16(22)9-2-4-11(17)14(6-9)29(18,25)26/h2-7H,8H2,1H3,(H,19,21)(H2,18,25,26). The Morgan fingerprint density at radius 3 is 2.52 bits per heavy atom. The third kappa shape index (κ3) is 5.63. The number of amides is 1. The van der Waals surface area contributed by atoms with Crippen molar-refractivity contribution in [2.24, 2.45) is 5.14 Å². The van der Waals surface area contributed by atoms with Gasteiger partial charge in [-0.05, 0) is 24.3 Å². The fourth-order valence-corrected chi connectivity index (χ4v) is 3.23. The van der Waals surface area contributed by atoms with Gasteiger partial charge in [-0.1, -0.05) is 11.6 Å². The van der Waals surface area contributed by atoms with Crippen molar-refractivity contribution in [3.63, 3.8) is 0 Å². The number of esters is 1. The molecule has 3 N–H and O–H groups in total. The Kier molecular flexibility index (Phi) is 6.74. The van der Waals surface area contributed by atoms with E-state index in [1.54, 1.807) is 0 Å². The van der Waals surface area contributed by atoms with Crippen molar-refractivity contribution in [2.45, 2.75) is 4.90 Å². The summed E-state index contributed by atoms with van der Waals surface area (Å²) < 4.78 is 32.7. The van der Waals surface area contributed by atoms with E-state index in [1.807, 2.05) is 0 Å². The topological polar surface area (TPSA) is 168 Å². The predicted octanol–water partition coefficient (Wildman–Crippen LogP) is 1.70. The van der Waals surface area contributed by atoms with Crippen LogP contribution in [0.15, 0.2) is 41.3 Å². The number of nitrogens with two attached hydrogens (primary N) is 1. The number of hydrogen-bond acceptors (Lipinski definition) is 8. The van der Waals surface area contributed by atoms with Gasteiger partial charge in [0, 0.05) is 12.1 Å². The Labute approximate surface area is 169 Å². The van der Waals surface area contributed by atoms with Gasteiger partial charge in [0.05, 0.1) is 28.3 Å². The van der Waals surface area contributed by atoms with Crippen LogP contribution >= 0.6 is 11.6 Å². The van der Waals surface area contributed by atoms with Crippen LogP contribution in [0.4, 0.5) is 11.4 Å². The van der Waals surface area contributed by atoms with E-state index in [-0.39, 0.29) is 27.7 Å². The summed E-state index contributed by atoms with van der Waals surface area (Å²) in [4.78, 5) is 33.8. The number of nitro groups is 1. The van der Waals surface area contributed by atoms with E-state index in [1.165, 1.54) is 25.3 Å². The molecule has 0 fully saturated rings. The minimum absolute atomic E-state index is 0.00533. The molecule has 13 heteroatoms. The number of rotatable bonds is 7. The molecular weight excluding hydrogens is 430 g/mol. The van der Waals surface area contributed by atoms with Crippen LogP contribution in [0.5, 0.6) is 5.75 Å². The molecule has 0 unspecified atom stereocenters. The Bertz CT molecular complexity index is 1090. The number of benzene rings is 2. The highest BCUT2D eigenvalue weighted by molar-refractivity contribution is 7.89. The lowest BCUT2D eigenvalue weighted by Crippen LogP contribution is -2.21. The number of carbonyl (C=O) groups excluding carboxylic acids is 2. The van der Waals surface area contributed by atoms with E-state index in [0.717, 1.165) is 18.2 Å². The van der Waals surface area contributed by atoms with Crippen molar-refractivity contribution in [1.29, 1.82) is 0 Å². The molecule has 0 bridgehead atoms. The van der Waals surface area contributed by atoms with E-state index in [4.69, 9.17) is 26.2 Å². The number of carbonyl (C=O) groups is 2. The predicted molar refractivity (Wildman–Crippen MR) is 101 cm³/mol. The summed E-state index contributed by atoms with van der Waals surface area (Å²) in [6, 6.07) is 6.82. The number of primary sulfonamides is 1. The van der Waals surface area contributed by atoms with Crippen molar-refractivity contribution in [1.82, 2.24) is 0 Å². The van der Waals surface area contributed by atoms with Gasteiger partial charge in [0.2, 0.25) is 10.0 Å². The lowest BCUT2D eigenvalue weighted by atomic mass is 10.2. The van der Waals surface area contributed by atoms with Gasteiger partial charge in [-0.3, -0.25) is 14.9 Å². The van der Waals surface area contributed by atoms with Crippen LogP contribution in [0, 0.1) is 10.1 Å². The zero-order valence-corrected chi connectivity index (χ0v) is 16.3. The fourth-order valence-electron chi connectivity index (χ4n) is 2.16. The summed E-state index contributed by atoms with van der Waals surface area (Å²) in [5.41, 5.74) is -0.473. The molecule has 0 saturated carbocycles. The Balaban J connectivity index is 2.09. The molecular formula is C16H14ClN3O8S. The molecule has 0 aromatic heterocycles. The summed E-state index contributed by atoms with van der Waals surface area (Å²) >= 11 is 5.73. The third-order valence-electron chi connectivity index (χ3n) is 3.48. The second-order valence-corrected chi connectivity index (χ2v) is 7.39. The monoisotopic (exact) mass is 443 g/mol. The number of sulfonamides is 1. The zero-order valence-electron chi connectivity index (χ0n) is 14.7. The average molecular weight is 444 g/mol. The molecule has 2 aromatic rings. The lowest BCUT2D eigenvalue weighted by molar-refractivity contribution is -0.384. The van der Waals surface area contributed by atoms with Crippen LogP contribution in [-0.2, 0) is 19.6 Å². The maximum atomic E-state index is 12.1. The smallest absolute Gasteiger partial charge is 0.338 e. The summed E-state index contributed by atoms with van der Waals surface area (Å²) in [7, 11) is -2.86.